The van der Waals surface area contributed by atoms with Gasteiger partial charge in [-0.05, 0) is 204 Å². The van der Waals surface area contributed by atoms with Crippen LogP contribution < -0.4 is 10.1 Å². The van der Waals surface area contributed by atoms with E-state index in [1.54, 1.807) is 6.20 Å². The number of ether oxygens (including phenoxy) is 2. The van der Waals surface area contributed by atoms with Gasteiger partial charge in [0.2, 0.25) is 5.88 Å². The van der Waals surface area contributed by atoms with Crippen molar-refractivity contribution in [3.63, 3.8) is 0 Å². The third kappa shape index (κ3) is 7.30. The van der Waals surface area contributed by atoms with Crippen LogP contribution in [0.4, 0.5) is 0 Å². The van der Waals surface area contributed by atoms with Crippen LogP contribution in [0.1, 0.15) is 158 Å². The Kier molecular flexibility index (Phi) is 12.2. The lowest BCUT2D eigenvalue weighted by Gasteiger charge is -2.72. The highest BCUT2D eigenvalue weighted by molar-refractivity contribution is 7.99. The average Bonchev–Trinajstić information content (AvgIpc) is 3.61. The molecule has 6 nitrogen and oxygen atoms in total. The van der Waals surface area contributed by atoms with Gasteiger partial charge in [0, 0.05) is 23.1 Å². The van der Waals surface area contributed by atoms with Crippen molar-refractivity contribution >= 4 is 17.7 Å². The van der Waals surface area contributed by atoms with Crippen molar-refractivity contribution in [3.05, 3.63) is 59.8 Å². The van der Waals surface area contributed by atoms with E-state index in [-0.39, 0.29) is 28.9 Å². The van der Waals surface area contributed by atoms with Crippen LogP contribution in [0.25, 0.3) is 0 Å². The maximum Gasteiger partial charge on any atom is 0.315 e. The molecule has 1 unspecified atom stereocenters. The number of nitrogens with one attached hydrogen (secondary N) is 1. The number of thioether (sulfide) groups is 1. The summed E-state index contributed by atoms with van der Waals surface area (Å²) in [5, 5.41) is 16.7. The largest absolute Gasteiger partial charge is 0.476 e. The quantitative estimate of drug-likeness (QED) is 0.160. The van der Waals surface area contributed by atoms with Crippen LogP contribution in [0.15, 0.2) is 59.8 Å². The molecular weight excluding hydrogens is 761 g/mol. The minimum atomic E-state index is -0.699. The number of carbonyl (C=O) groups excluding carboxylic acids is 1. The van der Waals surface area contributed by atoms with Gasteiger partial charge in [0.05, 0.1) is 12.2 Å². The smallest absolute Gasteiger partial charge is 0.315 e. The van der Waals surface area contributed by atoms with Crippen molar-refractivity contribution in [2.75, 3.05) is 26.0 Å². The van der Waals surface area contributed by atoms with Crippen molar-refractivity contribution in [2.24, 2.45) is 56.7 Å². The molecule has 0 bridgehead atoms. The van der Waals surface area contributed by atoms with Crippen LogP contribution in [0, 0.1) is 56.7 Å². The molecule has 60 heavy (non-hydrogen) atoms. The third-order valence-corrected chi connectivity index (χ3v) is 20.8. The summed E-state index contributed by atoms with van der Waals surface area (Å²) in [5.41, 5.74) is 4.21. The maximum atomic E-state index is 13.6. The molecule has 8 rings (SSSR count). The highest BCUT2D eigenvalue weighted by Crippen LogP contribution is 2.76. The first kappa shape index (κ1) is 44.5. The molecule has 1 heterocycles. The molecular formula is C53H80N2O4S. The monoisotopic (exact) mass is 841 g/mol. The number of carbonyl (C=O) groups is 1. The number of hydrogen-bond acceptors (Lipinski definition) is 7. The van der Waals surface area contributed by atoms with E-state index < -0.39 is 11.0 Å². The zero-order valence-electron chi connectivity index (χ0n) is 38.8. The van der Waals surface area contributed by atoms with Crippen LogP contribution in [0.2, 0.25) is 0 Å². The molecule has 0 spiro atoms. The standard InChI is InChI=1S/C53H80N2O4S/c1-10-58-46(56)51(35-59-44-13-11-12-33-54-44)25-16-37(17-26-51)40-21-23-48(6)42(47(40,4)5)22-24-50(8)43(48)15-14-41-45-39(36(2)3)20-29-53(45,31-30-49(41,50)7)55-34-32-52(57)27-18-38(60-9)19-28-52/h11-13,16,21,33,38-39,41-43,45,55,57H,2,10,14-15,17-20,22-32,34-35H2,1,3-9H3/t38?,39-,41+,42-,43+,45+,48-,49+,50+,51?,52?,53-/m0/s1. The molecule has 0 radical (unpaired) electrons. The minimum absolute atomic E-state index is 0.0487. The van der Waals surface area contributed by atoms with Gasteiger partial charge in [-0.15, -0.1) is 0 Å². The number of nitrogens with zero attached hydrogens (tertiary/aromatic N) is 1. The van der Waals surface area contributed by atoms with E-state index in [1.807, 2.05) is 36.9 Å². The van der Waals surface area contributed by atoms with Crippen LogP contribution in [0.3, 0.4) is 0 Å². The lowest BCUT2D eigenvalue weighted by Crippen LogP contribution is -2.68. The molecule has 0 amide bonds. The normalized spacial score (nSPS) is 43.3. The van der Waals surface area contributed by atoms with Crippen molar-refractivity contribution < 1.29 is 19.4 Å². The summed E-state index contributed by atoms with van der Waals surface area (Å²) in [6.45, 7) is 23.8. The van der Waals surface area contributed by atoms with Crippen LogP contribution >= 0.6 is 11.8 Å². The Morgan fingerprint density at radius 1 is 0.917 bits per heavy atom. The maximum absolute atomic E-state index is 13.6. The van der Waals surface area contributed by atoms with Crippen LogP contribution in [-0.4, -0.2) is 58.5 Å². The topological polar surface area (TPSA) is 80.7 Å². The summed E-state index contributed by atoms with van der Waals surface area (Å²) in [5.74, 6) is 3.62. The first-order valence-corrected chi connectivity index (χ1v) is 25.6. The van der Waals surface area contributed by atoms with Gasteiger partial charge in [-0.25, -0.2) is 4.98 Å². The number of pyridine rings is 1. The van der Waals surface area contributed by atoms with Crippen molar-refractivity contribution in [1.82, 2.24) is 10.3 Å². The highest BCUT2D eigenvalue weighted by Gasteiger charge is 2.70. The molecule has 1 aromatic heterocycles. The average molecular weight is 841 g/mol. The van der Waals surface area contributed by atoms with Crippen molar-refractivity contribution in [1.29, 1.82) is 0 Å². The Morgan fingerprint density at radius 2 is 1.70 bits per heavy atom. The molecule has 10 atom stereocenters. The fourth-order valence-corrected chi connectivity index (χ4v) is 16.9. The molecule has 0 aromatic carbocycles. The molecule has 0 aliphatic heterocycles. The van der Waals surface area contributed by atoms with Gasteiger partial charge < -0.3 is 19.9 Å². The second-order valence-electron chi connectivity index (χ2n) is 22.6. The molecule has 5 saturated carbocycles. The zero-order valence-corrected chi connectivity index (χ0v) is 39.6. The Labute approximate surface area is 368 Å². The number of hydrogen-bond donors (Lipinski definition) is 2. The number of esters is 1. The molecule has 0 saturated heterocycles. The van der Waals surface area contributed by atoms with E-state index in [9.17, 15) is 9.90 Å². The van der Waals surface area contributed by atoms with Gasteiger partial charge in [0.15, 0.2) is 0 Å². The number of aromatic nitrogens is 1. The lowest BCUT2D eigenvalue weighted by molar-refractivity contribution is -0.221. The summed E-state index contributed by atoms with van der Waals surface area (Å²) >= 11 is 1.98. The predicted octanol–water partition coefficient (Wildman–Crippen LogP) is 12.1. The molecule has 2 N–H and O–H groups in total. The van der Waals surface area contributed by atoms with E-state index >= 15 is 0 Å². The van der Waals surface area contributed by atoms with Crippen molar-refractivity contribution in [3.8, 4) is 5.88 Å². The van der Waals surface area contributed by atoms with Gasteiger partial charge >= 0.3 is 5.97 Å². The first-order chi connectivity index (χ1) is 28.5. The van der Waals surface area contributed by atoms with E-state index in [4.69, 9.17) is 9.47 Å². The summed E-state index contributed by atoms with van der Waals surface area (Å²) in [6, 6.07) is 5.66. The molecule has 7 heteroatoms. The molecule has 7 aliphatic carbocycles. The molecule has 332 valence electrons. The van der Waals surface area contributed by atoms with Crippen molar-refractivity contribution in [2.45, 2.75) is 174 Å². The summed E-state index contributed by atoms with van der Waals surface area (Å²) in [4.78, 5) is 17.9. The van der Waals surface area contributed by atoms with Crippen LogP contribution in [0.5, 0.6) is 5.88 Å². The van der Waals surface area contributed by atoms with E-state index in [1.165, 1.54) is 68.1 Å². The lowest BCUT2D eigenvalue weighted by atomic mass is 9.33. The number of rotatable bonds is 12. The van der Waals surface area contributed by atoms with Crippen LogP contribution in [-0.2, 0) is 9.53 Å². The van der Waals surface area contributed by atoms with E-state index in [0.29, 0.717) is 64.6 Å². The summed E-state index contributed by atoms with van der Waals surface area (Å²) < 4.78 is 11.8. The minimum Gasteiger partial charge on any atom is -0.476 e. The van der Waals surface area contributed by atoms with E-state index in [2.05, 4.69) is 76.8 Å². The third-order valence-electron chi connectivity index (χ3n) is 19.7. The second-order valence-corrected chi connectivity index (χ2v) is 23.8. The summed E-state index contributed by atoms with van der Waals surface area (Å²) in [7, 11) is 0. The van der Waals surface area contributed by atoms with E-state index in [0.717, 1.165) is 57.9 Å². The fraction of sp³-hybridized carbons (Fsp3) is 0.774. The summed E-state index contributed by atoms with van der Waals surface area (Å²) in [6.07, 6.45) is 27.8. The Balaban J connectivity index is 1.01. The number of allylic oxidation sites excluding steroid dienone is 5. The van der Waals surface area contributed by atoms with Gasteiger partial charge in [0.1, 0.15) is 12.0 Å². The molecule has 1 aromatic rings. The Bertz CT molecular complexity index is 1820. The van der Waals surface area contributed by atoms with Gasteiger partial charge in [-0.1, -0.05) is 65.0 Å². The SMILES string of the molecule is C=C(C)[C@@H]1CC[C@]2(NCCC3(O)CCC(SC)CC3)CC[C@]3(C)[C@H](CC[C@@H]4[C@@]5(C)CC=C(C6=CCC(COc7ccccn7)(C(=O)OCC)CC6)C(C)(C)[C@@H]5CC[C@]43C)[C@@H]12. The number of aliphatic hydroxyl groups is 1. The fourth-order valence-electron chi connectivity index (χ4n) is 16.2. The Morgan fingerprint density at radius 3 is 2.37 bits per heavy atom. The Hall–Kier alpha value is -2.09. The second kappa shape index (κ2) is 16.5. The van der Waals surface area contributed by atoms with Gasteiger partial charge in [-0.2, -0.15) is 11.8 Å². The van der Waals surface area contributed by atoms with Gasteiger partial charge in [-0.3, -0.25) is 4.79 Å². The van der Waals surface area contributed by atoms with Gasteiger partial charge in [0.25, 0.3) is 0 Å². The first-order valence-electron chi connectivity index (χ1n) is 24.3. The molecule has 5 fully saturated rings. The highest BCUT2D eigenvalue weighted by atomic mass is 32.2. The zero-order chi connectivity index (χ0) is 42.8. The number of fused-ring (bicyclic) bond motifs is 7. The predicted molar refractivity (Wildman–Crippen MR) is 247 cm³/mol. The molecule has 7 aliphatic rings.